The molecular weight excluding hydrogens is 274 g/mol. The number of nitrogens with zero attached hydrogens (tertiary/aromatic N) is 4. The highest BCUT2D eigenvalue weighted by molar-refractivity contribution is 5.66. The van der Waals surface area contributed by atoms with Crippen LogP contribution in [-0.2, 0) is 11.4 Å². The molecule has 2 heterocycles. The van der Waals surface area contributed by atoms with Crippen molar-refractivity contribution in [1.29, 1.82) is 0 Å². The molecule has 0 spiro atoms. The van der Waals surface area contributed by atoms with Crippen LogP contribution in [-0.4, -0.2) is 42.0 Å². The SMILES string of the molecule is O=C(O)CCC1CC(Nc2ccc3nnc(CO)n3n2)C1. The number of aliphatic carboxylic acids is 1. The number of fused-ring (bicyclic) bond motifs is 1. The Morgan fingerprint density at radius 1 is 1.38 bits per heavy atom. The molecule has 1 fully saturated rings. The van der Waals surface area contributed by atoms with Gasteiger partial charge in [0.2, 0.25) is 0 Å². The van der Waals surface area contributed by atoms with E-state index in [0.29, 0.717) is 29.2 Å². The highest BCUT2D eigenvalue weighted by atomic mass is 16.4. The third-order valence-electron chi connectivity index (χ3n) is 3.82. The Labute approximate surface area is 120 Å². The van der Waals surface area contributed by atoms with E-state index in [1.807, 2.05) is 6.07 Å². The summed E-state index contributed by atoms with van der Waals surface area (Å²) in [5, 5.41) is 33.2. The lowest BCUT2D eigenvalue weighted by Gasteiger charge is -2.35. The van der Waals surface area contributed by atoms with Crippen LogP contribution in [0.1, 0.15) is 31.5 Å². The van der Waals surface area contributed by atoms with Gasteiger partial charge in [0, 0.05) is 12.5 Å². The number of carboxylic acid groups (broad SMARTS) is 1. The summed E-state index contributed by atoms with van der Waals surface area (Å²) in [6, 6.07) is 3.94. The van der Waals surface area contributed by atoms with Crippen molar-refractivity contribution in [3.8, 4) is 0 Å². The maximum Gasteiger partial charge on any atom is 0.303 e. The lowest BCUT2D eigenvalue weighted by molar-refractivity contribution is -0.137. The summed E-state index contributed by atoms with van der Waals surface area (Å²) in [6.45, 7) is -0.210. The lowest BCUT2D eigenvalue weighted by Crippen LogP contribution is -2.36. The van der Waals surface area contributed by atoms with Crippen LogP contribution in [0.15, 0.2) is 12.1 Å². The van der Waals surface area contributed by atoms with E-state index in [2.05, 4.69) is 20.6 Å². The fraction of sp³-hybridized carbons (Fsp3) is 0.538. The standard InChI is InChI=1S/C13H17N5O3/c19-7-12-16-15-11-3-2-10(17-18(11)12)14-9-5-8(6-9)1-4-13(20)21/h2-3,8-9,19H,1,4-7H2,(H,14,17)(H,20,21). The summed E-state index contributed by atoms with van der Waals surface area (Å²) in [5.41, 5.74) is 0.595. The minimum atomic E-state index is -0.734. The van der Waals surface area contributed by atoms with E-state index in [0.717, 1.165) is 19.3 Å². The van der Waals surface area contributed by atoms with Gasteiger partial charge in [0.15, 0.2) is 11.5 Å². The second-order valence-corrected chi connectivity index (χ2v) is 5.37. The first kappa shape index (κ1) is 13.7. The number of rotatable bonds is 6. The van der Waals surface area contributed by atoms with Crippen molar-refractivity contribution in [2.75, 3.05) is 5.32 Å². The molecule has 2 aromatic rings. The van der Waals surface area contributed by atoms with E-state index in [1.54, 1.807) is 6.07 Å². The fourth-order valence-corrected chi connectivity index (χ4v) is 2.63. The Morgan fingerprint density at radius 3 is 2.90 bits per heavy atom. The normalized spacial score (nSPS) is 21.2. The van der Waals surface area contributed by atoms with E-state index in [-0.39, 0.29) is 13.0 Å². The molecule has 0 bridgehead atoms. The van der Waals surface area contributed by atoms with Crippen molar-refractivity contribution in [1.82, 2.24) is 19.8 Å². The van der Waals surface area contributed by atoms with Gasteiger partial charge in [-0.2, -0.15) is 4.52 Å². The summed E-state index contributed by atoms with van der Waals surface area (Å²) in [7, 11) is 0. The molecule has 8 nitrogen and oxygen atoms in total. The molecule has 1 aliphatic carbocycles. The maximum atomic E-state index is 10.5. The summed E-state index contributed by atoms with van der Waals surface area (Å²) >= 11 is 0. The second kappa shape index (κ2) is 5.65. The first-order chi connectivity index (χ1) is 10.2. The minimum Gasteiger partial charge on any atom is -0.481 e. The van der Waals surface area contributed by atoms with Crippen LogP contribution in [0.3, 0.4) is 0 Å². The van der Waals surface area contributed by atoms with Crippen LogP contribution in [0.25, 0.3) is 5.65 Å². The average Bonchev–Trinajstić information content (AvgIpc) is 2.83. The monoisotopic (exact) mass is 291 g/mol. The Balaban J connectivity index is 1.58. The van der Waals surface area contributed by atoms with Crippen molar-refractivity contribution < 1.29 is 15.0 Å². The number of hydrogen-bond acceptors (Lipinski definition) is 6. The molecule has 0 atom stereocenters. The number of aliphatic hydroxyl groups excluding tert-OH is 1. The second-order valence-electron chi connectivity index (χ2n) is 5.37. The summed E-state index contributed by atoms with van der Waals surface area (Å²) in [5.74, 6) is 0.855. The third kappa shape index (κ3) is 2.94. The van der Waals surface area contributed by atoms with Crippen LogP contribution in [0.2, 0.25) is 0 Å². The zero-order valence-corrected chi connectivity index (χ0v) is 11.4. The van der Waals surface area contributed by atoms with Gasteiger partial charge in [-0.25, -0.2) is 0 Å². The quantitative estimate of drug-likeness (QED) is 0.717. The molecule has 112 valence electrons. The molecule has 3 rings (SSSR count). The van der Waals surface area contributed by atoms with E-state index >= 15 is 0 Å². The number of nitrogens with one attached hydrogen (secondary N) is 1. The molecule has 0 saturated heterocycles. The third-order valence-corrected chi connectivity index (χ3v) is 3.82. The minimum absolute atomic E-state index is 0.210. The van der Waals surface area contributed by atoms with E-state index in [4.69, 9.17) is 10.2 Å². The van der Waals surface area contributed by atoms with Gasteiger partial charge in [-0.15, -0.1) is 15.3 Å². The lowest BCUT2D eigenvalue weighted by atomic mass is 9.77. The van der Waals surface area contributed by atoms with Crippen molar-refractivity contribution in [2.45, 2.75) is 38.3 Å². The van der Waals surface area contributed by atoms with E-state index < -0.39 is 5.97 Å². The summed E-state index contributed by atoms with van der Waals surface area (Å²) < 4.78 is 1.52. The van der Waals surface area contributed by atoms with Crippen LogP contribution < -0.4 is 5.32 Å². The largest absolute Gasteiger partial charge is 0.481 e. The van der Waals surface area contributed by atoms with Crippen LogP contribution in [0.4, 0.5) is 5.82 Å². The summed E-state index contributed by atoms with van der Waals surface area (Å²) in [6.07, 6.45) is 2.90. The van der Waals surface area contributed by atoms with Crippen molar-refractivity contribution >= 4 is 17.4 Å². The molecule has 0 aliphatic heterocycles. The number of aliphatic hydroxyl groups is 1. The first-order valence-electron chi connectivity index (χ1n) is 6.96. The Kier molecular flexibility index (Phi) is 3.70. The van der Waals surface area contributed by atoms with Gasteiger partial charge in [-0.3, -0.25) is 4.79 Å². The van der Waals surface area contributed by atoms with Gasteiger partial charge in [0.05, 0.1) is 0 Å². The summed E-state index contributed by atoms with van der Waals surface area (Å²) in [4.78, 5) is 10.5. The van der Waals surface area contributed by atoms with E-state index in [9.17, 15) is 4.79 Å². The maximum absolute atomic E-state index is 10.5. The molecule has 8 heteroatoms. The van der Waals surface area contributed by atoms with Gasteiger partial charge >= 0.3 is 5.97 Å². The molecule has 0 radical (unpaired) electrons. The zero-order valence-electron chi connectivity index (χ0n) is 11.4. The smallest absolute Gasteiger partial charge is 0.303 e. The molecule has 1 aliphatic rings. The highest BCUT2D eigenvalue weighted by Crippen LogP contribution is 2.33. The van der Waals surface area contributed by atoms with Gasteiger partial charge in [-0.1, -0.05) is 0 Å². The van der Waals surface area contributed by atoms with E-state index in [1.165, 1.54) is 4.52 Å². The van der Waals surface area contributed by atoms with Crippen molar-refractivity contribution in [2.24, 2.45) is 5.92 Å². The van der Waals surface area contributed by atoms with Crippen LogP contribution >= 0.6 is 0 Å². The molecular formula is C13H17N5O3. The number of carboxylic acids is 1. The molecule has 3 N–H and O–H groups in total. The highest BCUT2D eigenvalue weighted by Gasteiger charge is 2.29. The molecule has 2 aromatic heterocycles. The Morgan fingerprint density at radius 2 is 2.19 bits per heavy atom. The van der Waals surface area contributed by atoms with Crippen LogP contribution in [0.5, 0.6) is 0 Å². The Hall–Kier alpha value is -2.22. The zero-order chi connectivity index (χ0) is 14.8. The fourth-order valence-electron chi connectivity index (χ4n) is 2.63. The number of carbonyl (C=O) groups is 1. The average molecular weight is 291 g/mol. The Bertz CT molecular complexity index is 650. The van der Waals surface area contributed by atoms with Crippen LogP contribution in [0, 0.1) is 5.92 Å². The number of hydrogen-bond donors (Lipinski definition) is 3. The van der Waals surface area contributed by atoms with Gasteiger partial charge in [-0.05, 0) is 37.3 Å². The number of aromatic nitrogens is 4. The van der Waals surface area contributed by atoms with Gasteiger partial charge < -0.3 is 15.5 Å². The number of anilines is 1. The molecule has 0 aromatic carbocycles. The van der Waals surface area contributed by atoms with Crippen molar-refractivity contribution in [3.63, 3.8) is 0 Å². The molecule has 1 saturated carbocycles. The molecule has 0 unspecified atom stereocenters. The van der Waals surface area contributed by atoms with Gasteiger partial charge in [0.25, 0.3) is 0 Å². The van der Waals surface area contributed by atoms with Crippen molar-refractivity contribution in [3.05, 3.63) is 18.0 Å². The predicted octanol–water partition coefficient (Wildman–Crippen LogP) is 0.672. The molecule has 0 amide bonds. The van der Waals surface area contributed by atoms with Gasteiger partial charge in [0.1, 0.15) is 12.4 Å². The first-order valence-corrected chi connectivity index (χ1v) is 6.96. The predicted molar refractivity (Wildman–Crippen MR) is 73.7 cm³/mol. The topological polar surface area (TPSA) is 113 Å². The molecule has 21 heavy (non-hydrogen) atoms.